The molecular weight excluding hydrogens is 200 g/mol. The van der Waals surface area contributed by atoms with Crippen LogP contribution in [0, 0.1) is 0 Å². The van der Waals surface area contributed by atoms with Gasteiger partial charge in [0.15, 0.2) is 0 Å². The molecule has 0 aromatic carbocycles. The average Bonchev–Trinajstić information content (AvgIpc) is 2.05. The second kappa shape index (κ2) is 3.72. The Labute approximate surface area is 88.2 Å². The summed E-state index contributed by atoms with van der Waals surface area (Å²) in [7, 11) is 2.08. The maximum Gasteiger partial charge on any atom is 0.325 e. The molecule has 0 atom stereocenters. The van der Waals surface area contributed by atoms with E-state index in [1.165, 1.54) is 0 Å². The van der Waals surface area contributed by atoms with E-state index in [9.17, 15) is 9.90 Å². The Morgan fingerprint density at radius 2 is 1.86 bits per heavy atom. The van der Waals surface area contributed by atoms with Crippen LogP contribution in [0.3, 0.4) is 0 Å². The molecule has 80 valence electrons. The van der Waals surface area contributed by atoms with Gasteiger partial charge >= 0.3 is 5.97 Å². The SMILES string of the molecule is CN1CCN(C2(C(=O)O)CSC2)CC1. The standard InChI is InChI=1S/C9H16N2O2S/c1-10-2-4-11(5-3-10)9(8(12)13)6-14-7-9/h2-7H2,1H3,(H,12,13). The fourth-order valence-electron chi connectivity index (χ4n) is 1.97. The normalized spacial score (nSPS) is 28.4. The van der Waals surface area contributed by atoms with Gasteiger partial charge in [-0.1, -0.05) is 0 Å². The number of carboxylic acid groups (broad SMARTS) is 1. The Hall–Kier alpha value is -0.260. The van der Waals surface area contributed by atoms with Gasteiger partial charge in [-0.25, -0.2) is 0 Å². The first-order valence-electron chi connectivity index (χ1n) is 4.90. The minimum atomic E-state index is -0.638. The third-order valence-electron chi connectivity index (χ3n) is 3.19. The molecule has 0 saturated carbocycles. The number of carbonyl (C=O) groups is 1. The van der Waals surface area contributed by atoms with Crippen LogP contribution in [0.25, 0.3) is 0 Å². The topological polar surface area (TPSA) is 43.8 Å². The van der Waals surface area contributed by atoms with E-state index in [2.05, 4.69) is 16.8 Å². The highest BCUT2D eigenvalue weighted by Gasteiger charge is 2.50. The van der Waals surface area contributed by atoms with Crippen LogP contribution in [0.1, 0.15) is 0 Å². The Balaban J connectivity index is 2.02. The van der Waals surface area contributed by atoms with Crippen LogP contribution in [0.4, 0.5) is 0 Å². The van der Waals surface area contributed by atoms with Crippen molar-refractivity contribution in [3.63, 3.8) is 0 Å². The number of hydrogen-bond acceptors (Lipinski definition) is 4. The average molecular weight is 216 g/mol. The molecule has 0 aromatic heterocycles. The molecule has 2 heterocycles. The minimum absolute atomic E-state index is 0.536. The van der Waals surface area contributed by atoms with Crippen molar-refractivity contribution in [2.24, 2.45) is 0 Å². The molecule has 2 fully saturated rings. The fraction of sp³-hybridized carbons (Fsp3) is 0.889. The monoisotopic (exact) mass is 216 g/mol. The summed E-state index contributed by atoms with van der Waals surface area (Å²) in [4.78, 5) is 15.6. The highest BCUT2D eigenvalue weighted by molar-refractivity contribution is 8.01. The molecule has 0 amide bonds. The van der Waals surface area contributed by atoms with Crippen molar-refractivity contribution in [1.29, 1.82) is 0 Å². The van der Waals surface area contributed by atoms with Crippen molar-refractivity contribution in [2.75, 3.05) is 44.7 Å². The van der Waals surface area contributed by atoms with E-state index in [4.69, 9.17) is 0 Å². The zero-order valence-electron chi connectivity index (χ0n) is 8.40. The number of hydrogen-bond donors (Lipinski definition) is 1. The maximum atomic E-state index is 11.2. The van der Waals surface area contributed by atoms with Crippen LogP contribution >= 0.6 is 11.8 Å². The van der Waals surface area contributed by atoms with Crippen LogP contribution < -0.4 is 0 Å². The molecule has 0 radical (unpaired) electrons. The number of thioether (sulfide) groups is 1. The lowest BCUT2D eigenvalue weighted by Crippen LogP contribution is -2.67. The maximum absolute atomic E-state index is 11.2. The van der Waals surface area contributed by atoms with Crippen molar-refractivity contribution in [3.05, 3.63) is 0 Å². The minimum Gasteiger partial charge on any atom is -0.480 e. The summed E-state index contributed by atoms with van der Waals surface area (Å²) in [5.74, 6) is 0.874. The summed E-state index contributed by atoms with van der Waals surface area (Å²) >= 11 is 1.73. The predicted molar refractivity (Wildman–Crippen MR) is 56.8 cm³/mol. The molecule has 0 bridgehead atoms. The van der Waals surface area contributed by atoms with E-state index in [0.717, 1.165) is 37.7 Å². The van der Waals surface area contributed by atoms with E-state index >= 15 is 0 Å². The van der Waals surface area contributed by atoms with Gasteiger partial charge in [0.05, 0.1) is 0 Å². The molecule has 4 nitrogen and oxygen atoms in total. The van der Waals surface area contributed by atoms with E-state index in [1.54, 1.807) is 11.8 Å². The summed E-state index contributed by atoms with van der Waals surface area (Å²) < 4.78 is 0. The van der Waals surface area contributed by atoms with Gasteiger partial charge in [-0.15, -0.1) is 0 Å². The van der Waals surface area contributed by atoms with Crippen LogP contribution in [0.15, 0.2) is 0 Å². The van der Waals surface area contributed by atoms with Crippen LogP contribution in [-0.2, 0) is 4.79 Å². The third kappa shape index (κ3) is 1.53. The largest absolute Gasteiger partial charge is 0.480 e. The Morgan fingerprint density at radius 1 is 1.29 bits per heavy atom. The zero-order chi connectivity index (χ0) is 10.2. The molecule has 0 unspecified atom stereocenters. The summed E-state index contributed by atoms with van der Waals surface area (Å²) in [6, 6.07) is 0. The molecule has 14 heavy (non-hydrogen) atoms. The summed E-state index contributed by atoms with van der Waals surface area (Å²) in [6.07, 6.45) is 0. The van der Waals surface area contributed by atoms with Gasteiger partial charge < -0.3 is 10.0 Å². The molecule has 1 N–H and O–H groups in total. The summed E-state index contributed by atoms with van der Waals surface area (Å²) in [6.45, 7) is 3.76. The lowest BCUT2D eigenvalue weighted by molar-refractivity contribution is -0.150. The molecular formula is C9H16N2O2S. The second-order valence-electron chi connectivity index (χ2n) is 4.12. The van der Waals surface area contributed by atoms with Gasteiger partial charge in [-0.3, -0.25) is 9.69 Å². The van der Waals surface area contributed by atoms with E-state index in [0.29, 0.717) is 0 Å². The lowest BCUT2D eigenvalue weighted by atomic mass is 10.0. The number of nitrogens with zero attached hydrogens (tertiary/aromatic N) is 2. The van der Waals surface area contributed by atoms with Crippen molar-refractivity contribution in [3.8, 4) is 0 Å². The first-order chi connectivity index (χ1) is 6.65. The number of rotatable bonds is 2. The number of piperazine rings is 1. The first-order valence-corrected chi connectivity index (χ1v) is 6.05. The van der Waals surface area contributed by atoms with Crippen LogP contribution in [0.2, 0.25) is 0 Å². The van der Waals surface area contributed by atoms with E-state index in [1.807, 2.05) is 0 Å². The highest BCUT2D eigenvalue weighted by atomic mass is 32.2. The van der Waals surface area contributed by atoms with E-state index < -0.39 is 11.5 Å². The number of aliphatic carboxylic acids is 1. The molecule has 0 spiro atoms. The molecule has 2 aliphatic heterocycles. The molecule has 5 heteroatoms. The molecule has 2 saturated heterocycles. The zero-order valence-corrected chi connectivity index (χ0v) is 9.22. The Morgan fingerprint density at radius 3 is 2.21 bits per heavy atom. The van der Waals surface area contributed by atoms with Crippen molar-refractivity contribution < 1.29 is 9.90 Å². The predicted octanol–water partition coefficient (Wildman–Crippen LogP) is -0.196. The van der Waals surface area contributed by atoms with Crippen molar-refractivity contribution in [1.82, 2.24) is 9.80 Å². The Kier molecular flexibility index (Phi) is 2.72. The van der Waals surface area contributed by atoms with E-state index in [-0.39, 0.29) is 0 Å². The van der Waals surface area contributed by atoms with Gasteiger partial charge in [0, 0.05) is 37.7 Å². The fourth-order valence-corrected chi connectivity index (χ4v) is 3.17. The van der Waals surface area contributed by atoms with Gasteiger partial charge in [0.25, 0.3) is 0 Å². The van der Waals surface area contributed by atoms with Crippen LogP contribution in [0.5, 0.6) is 0 Å². The van der Waals surface area contributed by atoms with Crippen molar-refractivity contribution >= 4 is 17.7 Å². The summed E-state index contributed by atoms with van der Waals surface area (Å²) in [5.41, 5.74) is -0.536. The number of likely N-dealkylation sites (N-methyl/N-ethyl adjacent to an activating group) is 1. The van der Waals surface area contributed by atoms with Crippen LogP contribution in [-0.4, -0.2) is 71.1 Å². The van der Waals surface area contributed by atoms with Crippen molar-refractivity contribution in [2.45, 2.75) is 5.54 Å². The molecule has 0 aromatic rings. The Bertz CT molecular complexity index is 235. The lowest BCUT2D eigenvalue weighted by Gasteiger charge is -2.48. The second-order valence-corrected chi connectivity index (χ2v) is 5.11. The molecule has 2 aliphatic rings. The third-order valence-corrected chi connectivity index (χ3v) is 4.55. The molecule has 2 rings (SSSR count). The first kappa shape index (κ1) is 10.3. The summed E-state index contributed by atoms with van der Waals surface area (Å²) in [5, 5.41) is 9.23. The van der Waals surface area contributed by atoms with Gasteiger partial charge in [-0.05, 0) is 7.05 Å². The highest BCUT2D eigenvalue weighted by Crippen LogP contribution is 2.35. The molecule has 0 aliphatic carbocycles. The number of carboxylic acids is 1. The quantitative estimate of drug-likeness (QED) is 0.693. The van der Waals surface area contributed by atoms with Gasteiger partial charge in [0.2, 0.25) is 0 Å². The van der Waals surface area contributed by atoms with Gasteiger partial charge in [0.1, 0.15) is 5.54 Å². The van der Waals surface area contributed by atoms with Gasteiger partial charge in [-0.2, -0.15) is 11.8 Å². The smallest absolute Gasteiger partial charge is 0.325 e.